The summed E-state index contributed by atoms with van der Waals surface area (Å²) < 4.78 is 5.67. The van der Waals surface area contributed by atoms with E-state index in [1.54, 1.807) is 24.3 Å². The number of para-hydroxylation sites is 1. The van der Waals surface area contributed by atoms with Gasteiger partial charge in [-0.1, -0.05) is 18.7 Å². The maximum absolute atomic E-state index is 12.2. The Balaban J connectivity index is 1.57. The van der Waals surface area contributed by atoms with E-state index in [0.29, 0.717) is 30.3 Å². The minimum absolute atomic E-state index is 0.0350. The number of amides is 1. The van der Waals surface area contributed by atoms with Crippen LogP contribution in [0.1, 0.15) is 35.6 Å². The largest absolute Gasteiger partial charge is 0.507 e. The number of carbonyl (C=O) groups excluding carboxylic acids is 1. The van der Waals surface area contributed by atoms with Gasteiger partial charge >= 0.3 is 0 Å². The second-order valence-corrected chi connectivity index (χ2v) is 7.67. The van der Waals surface area contributed by atoms with Crippen LogP contribution in [-0.4, -0.2) is 46.2 Å². The zero-order chi connectivity index (χ0) is 20.5. The number of hydrogen-bond donors (Lipinski definition) is 4. The number of benzene rings is 1. The smallest absolute Gasteiger partial charge is 0.246 e. The second kappa shape index (κ2) is 7.67. The predicted molar refractivity (Wildman–Crippen MR) is 113 cm³/mol. The number of aromatic nitrogens is 1. The molecule has 2 aliphatic heterocycles. The monoisotopic (exact) mass is 394 g/mol. The number of piperidine rings is 1. The molecule has 2 aromatic rings. The van der Waals surface area contributed by atoms with Crippen molar-refractivity contribution in [1.29, 1.82) is 0 Å². The highest BCUT2D eigenvalue weighted by Crippen LogP contribution is 2.38. The summed E-state index contributed by atoms with van der Waals surface area (Å²) in [6, 6.07) is 9.01. The van der Waals surface area contributed by atoms with E-state index in [1.165, 1.54) is 6.08 Å². The first-order valence-corrected chi connectivity index (χ1v) is 9.74. The number of aromatic hydroxyl groups is 1. The minimum atomic E-state index is -0.0354. The van der Waals surface area contributed by atoms with Gasteiger partial charge in [-0.05, 0) is 43.2 Å². The maximum Gasteiger partial charge on any atom is 0.246 e. The van der Waals surface area contributed by atoms with Crippen LogP contribution >= 0.6 is 0 Å². The molecule has 2 unspecified atom stereocenters. The summed E-state index contributed by atoms with van der Waals surface area (Å²) in [5.41, 5.74) is 15.2. The van der Waals surface area contributed by atoms with E-state index in [0.717, 1.165) is 24.1 Å². The lowest BCUT2D eigenvalue weighted by atomic mass is 9.83. The molecular weight excluding hydrogens is 368 g/mol. The molecule has 152 valence electrons. The third-order valence-corrected chi connectivity index (χ3v) is 5.82. The van der Waals surface area contributed by atoms with Gasteiger partial charge in [-0.15, -0.1) is 0 Å². The van der Waals surface area contributed by atoms with Crippen LogP contribution in [0.2, 0.25) is 0 Å². The Labute approximate surface area is 169 Å². The normalized spacial score (nSPS) is 24.3. The van der Waals surface area contributed by atoms with Gasteiger partial charge < -0.3 is 31.2 Å². The van der Waals surface area contributed by atoms with Crippen molar-refractivity contribution in [3.05, 3.63) is 59.8 Å². The number of carbonyl (C=O) groups is 1. The third-order valence-electron chi connectivity index (χ3n) is 5.82. The number of H-pyrrole nitrogens is 1. The summed E-state index contributed by atoms with van der Waals surface area (Å²) in [7, 11) is 0. The molecule has 4 rings (SSSR count). The molecule has 6 N–H and O–H groups in total. The lowest BCUT2D eigenvalue weighted by Crippen LogP contribution is -2.58. The number of hydrogen-bond acceptors (Lipinski definition) is 5. The molecule has 7 heteroatoms. The zero-order valence-corrected chi connectivity index (χ0v) is 16.2. The van der Waals surface area contributed by atoms with E-state index in [-0.39, 0.29) is 29.7 Å². The molecule has 2 saturated heterocycles. The number of aromatic amines is 1. The summed E-state index contributed by atoms with van der Waals surface area (Å²) >= 11 is 0. The topological polar surface area (TPSA) is 118 Å². The number of phenols is 1. The molecule has 2 fully saturated rings. The molecule has 2 aliphatic rings. The number of fused-ring (bicyclic) bond motifs is 2. The van der Waals surface area contributed by atoms with Crippen molar-refractivity contribution in [2.75, 3.05) is 18.9 Å². The number of morpholine rings is 1. The van der Waals surface area contributed by atoms with Crippen molar-refractivity contribution in [3.63, 3.8) is 0 Å². The Bertz CT molecular complexity index is 951. The van der Waals surface area contributed by atoms with Crippen molar-refractivity contribution in [2.45, 2.75) is 30.8 Å². The highest BCUT2D eigenvalue weighted by molar-refractivity contribution is 5.88. The number of phenolic OH excluding ortho intramolecular Hbond substituents is 1. The van der Waals surface area contributed by atoms with Gasteiger partial charge in [0.25, 0.3) is 0 Å². The highest BCUT2D eigenvalue weighted by atomic mass is 16.5. The van der Waals surface area contributed by atoms with Crippen LogP contribution in [-0.2, 0) is 9.53 Å². The maximum atomic E-state index is 12.2. The van der Waals surface area contributed by atoms with Gasteiger partial charge in [-0.25, -0.2) is 0 Å². The number of nitrogen functional groups attached to an aromatic ring is 1. The van der Waals surface area contributed by atoms with Gasteiger partial charge in [0.2, 0.25) is 5.91 Å². The van der Waals surface area contributed by atoms with Gasteiger partial charge in [-0.3, -0.25) is 4.79 Å². The van der Waals surface area contributed by atoms with E-state index < -0.39 is 0 Å². The molecule has 0 spiro atoms. The van der Waals surface area contributed by atoms with Crippen molar-refractivity contribution >= 4 is 23.5 Å². The Morgan fingerprint density at radius 3 is 2.62 bits per heavy atom. The lowest BCUT2D eigenvalue weighted by molar-refractivity contribution is -0.146. The molecule has 0 radical (unpaired) electrons. The van der Waals surface area contributed by atoms with Crippen molar-refractivity contribution in [1.82, 2.24) is 9.88 Å². The summed E-state index contributed by atoms with van der Waals surface area (Å²) in [4.78, 5) is 17.4. The quantitative estimate of drug-likeness (QED) is 0.594. The number of rotatable bonds is 4. The SMILES string of the molecule is C=CC(=O)N1C2COCC1CC(c1cc(/C=C(\N)c3ccccc3O)c(N)[nH]1)C2. The van der Waals surface area contributed by atoms with E-state index in [4.69, 9.17) is 16.2 Å². The molecule has 2 atom stereocenters. The third kappa shape index (κ3) is 3.61. The number of nitrogens with two attached hydrogens (primary N) is 2. The number of nitrogens with one attached hydrogen (secondary N) is 1. The standard InChI is InChI=1S/C22H26N4O3/c1-2-21(28)26-15-7-13(8-16(26)12-29-11-15)19-10-14(22(24)25-19)9-18(23)17-5-3-4-6-20(17)27/h2-6,9-10,13,15-16,25,27H,1,7-8,11-12,23-24H2/b18-9-. The molecule has 1 aromatic heterocycles. The van der Waals surface area contributed by atoms with Gasteiger partial charge in [0.1, 0.15) is 11.6 Å². The summed E-state index contributed by atoms with van der Waals surface area (Å²) in [5, 5.41) is 10.0. The molecule has 2 bridgehead atoms. The average molecular weight is 394 g/mol. The van der Waals surface area contributed by atoms with E-state index in [1.807, 2.05) is 17.0 Å². The minimum Gasteiger partial charge on any atom is -0.507 e. The Morgan fingerprint density at radius 2 is 1.97 bits per heavy atom. The molecule has 7 nitrogen and oxygen atoms in total. The Morgan fingerprint density at radius 1 is 1.28 bits per heavy atom. The van der Waals surface area contributed by atoms with Crippen LogP contribution in [0.3, 0.4) is 0 Å². The van der Waals surface area contributed by atoms with Crippen LogP contribution in [0.15, 0.2) is 43.0 Å². The van der Waals surface area contributed by atoms with Crippen LogP contribution in [0.4, 0.5) is 5.82 Å². The first-order valence-electron chi connectivity index (χ1n) is 9.74. The average Bonchev–Trinajstić information content (AvgIpc) is 3.07. The second-order valence-electron chi connectivity index (χ2n) is 7.67. The van der Waals surface area contributed by atoms with Crippen molar-refractivity contribution < 1.29 is 14.6 Å². The molecule has 1 aromatic carbocycles. The molecule has 0 saturated carbocycles. The molecular formula is C22H26N4O3. The lowest BCUT2D eigenvalue weighted by Gasteiger charge is -2.48. The predicted octanol–water partition coefficient (Wildman–Crippen LogP) is 2.42. The molecule has 1 amide bonds. The van der Waals surface area contributed by atoms with E-state index >= 15 is 0 Å². The first kappa shape index (κ1) is 19.1. The van der Waals surface area contributed by atoms with Crippen molar-refractivity contribution in [2.24, 2.45) is 5.73 Å². The fourth-order valence-corrected chi connectivity index (χ4v) is 4.45. The zero-order valence-electron chi connectivity index (χ0n) is 16.2. The van der Waals surface area contributed by atoms with Gasteiger partial charge in [0, 0.05) is 28.4 Å². The van der Waals surface area contributed by atoms with Gasteiger partial charge in [0.15, 0.2) is 0 Å². The molecule has 3 heterocycles. The van der Waals surface area contributed by atoms with Crippen LogP contribution in [0.5, 0.6) is 5.75 Å². The Hall–Kier alpha value is -3.19. The van der Waals surface area contributed by atoms with Gasteiger partial charge in [0.05, 0.1) is 25.3 Å². The van der Waals surface area contributed by atoms with Crippen LogP contribution in [0, 0.1) is 0 Å². The summed E-state index contributed by atoms with van der Waals surface area (Å²) in [6.45, 7) is 4.70. The molecule has 0 aliphatic carbocycles. The fourth-order valence-electron chi connectivity index (χ4n) is 4.45. The highest BCUT2D eigenvalue weighted by Gasteiger charge is 2.41. The summed E-state index contributed by atoms with van der Waals surface area (Å²) in [5.74, 6) is 0.873. The van der Waals surface area contributed by atoms with E-state index in [2.05, 4.69) is 11.6 Å². The van der Waals surface area contributed by atoms with Gasteiger partial charge in [-0.2, -0.15) is 0 Å². The fraction of sp³-hybridized carbons (Fsp3) is 0.318. The number of anilines is 1. The van der Waals surface area contributed by atoms with Crippen LogP contribution < -0.4 is 11.5 Å². The van der Waals surface area contributed by atoms with Crippen molar-refractivity contribution in [3.8, 4) is 5.75 Å². The number of ether oxygens (including phenoxy) is 1. The first-order chi connectivity index (χ1) is 14.0. The Kier molecular flexibility index (Phi) is 5.07. The van der Waals surface area contributed by atoms with Crippen LogP contribution in [0.25, 0.3) is 11.8 Å². The molecule has 29 heavy (non-hydrogen) atoms. The summed E-state index contributed by atoms with van der Waals surface area (Å²) in [6.07, 6.45) is 4.75. The van der Waals surface area contributed by atoms with E-state index in [9.17, 15) is 9.90 Å². The number of nitrogens with zero attached hydrogens (tertiary/aromatic N) is 1.